The summed E-state index contributed by atoms with van der Waals surface area (Å²) in [7, 11) is 0. The molecule has 1 aliphatic heterocycles. The molecule has 86 valence electrons. The Morgan fingerprint density at radius 2 is 1.80 bits per heavy atom. The second-order valence-corrected chi connectivity index (χ2v) is 4.40. The zero-order chi connectivity index (χ0) is 11.1. The first kappa shape index (κ1) is 10.8. The summed E-state index contributed by atoms with van der Waals surface area (Å²) in [5, 5.41) is 0. The molecule has 2 unspecified atom stereocenters. The molecule has 1 saturated heterocycles. The average molecular weight is 221 g/mol. The average Bonchev–Trinajstić information content (AvgIpc) is 2.62. The minimum atomic E-state index is -4.70. The van der Waals surface area contributed by atoms with Crippen molar-refractivity contribution in [2.45, 2.75) is 44.3 Å². The van der Waals surface area contributed by atoms with Crippen LogP contribution in [-0.4, -0.2) is 29.6 Å². The number of carbonyl (C=O) groups is 1. The Morgan fingerprint density at radius 3 is 2.47 bits per heavy atom. The van der Waals surface area contributed by atoms with E-state index in [1.165, 1.54) is 0 Å². The smallest absolute Gasteiger partial charge is 0.332 e. The van der Waals surface area contributed by atoms with Crippen LogP contribution in [0.25, 0.3) is 0 Å². The fourth-order valence-electron chi connectivity index (χ4n) is 2.87. The molecule has 0 aromatic rings. The van der Waals surface area contributed by atoms with Gasteiger partial charge in [-0.25, -0.2) is 0 Å². The molecule has 2 aliphatic rings. The highest BCUT2D eigenvalue weighted by molar-refractivity contribution is 5.82. The number of halogens is 3. The van der Waals surface area contributed by atoms with Gasteiger partial charge in [0.1, 0.15) is 0 Å². The molecule has 2 rings (SSSR count). The van der Waals surface area contributed by atoms with Gasteiger partial charge in [-0.2, -0.15) is 13.2 Å². The lowest BCUT2D eigenvalue weighted by Crippen LogP contribution is -2.51. The summed E-state index contributed by atoms with van der Waals surface area (Å²) in [4.78, 5) is 12.2. The van der Waals surface area contributed by atoms with Gasteiger partial charge in [0.05, 0.1) is 0 Å². The van der Waals surface area contributed by atoms with E-state index in [9.17, 15) is 18.0 Å². The summed E-state index contributed by atoms with van der Waals surface area (Å²) >= 11 is 0. The lowest BCUT2D eigenvalue weighted by atomic mass is 9.92. The molecule has 1 amide bonds. The maximum Gasteiger partial charge on any atom is 0.471 e. The molecule has 0 spiro atoms. The first-order valence-electron chi connectivity index (χ1n) is 5.38. The van der Waals surface area contributed by atoms with Crippen molar-refractivity contribution in [1.82, 2.24) is 4.90 Å². The maximum atomic E-state index is 12.3. The number of likely N-dealkylation sites (tertiary alicyclic amines) is 1. The van der Waals surface area contributed by atoms with Crippen molar-refractivity contribution in [3.8, 4) is 0 Å². The predicted molar refractivity (Wildman–Crippen MR) is 48.1 cm³/mol. The number of alkyl halides is 3. The molecule has 2 atom stereocenters. The number of fused-ring (bicyclic) bond motifs is 1. The second-order valence-electron chi connectivity index (χ2n) is 4.40. The monoisotopic (exact) mass is 221 g/mol. The van der Waals surface area contributed by atoms with E-state index in [0.717, 1.165) is 30.6 Å². The molecule has 5 heteroatoms. The van der Waals surface area contributed by atoms with Gasteiger partial charge in [0.15, 0.2) is 0 Å². The fourth-order valence-corrected chi connectivity index (χ4v) is 2.87. The minimum absolute atomic E-state index is 0.145. The summed E-state index contributed by atoms with van der Waals surface area (Å²) in [6.07, 6.45) is -0.338. The lowest BCUT2D eigenvalue weighted by Gasteiger charge is -2.37. The summed E-state index contributed by atoms with van der Waals surface area (Å²) < 4.78 is 36.9. The number of carbonyl (C=O) groups excluding carboxylic acids is 1. The standard InChI is InChI=1S/C10H14F3NO/c11-10(12,13)9(15)14-6-2-4-7-3-1-5-8(7)14/h7-8H,1-6H2. The van der Waals surface area contributed by atoms with Gasteiger partial charge in [0.25, 0.3) is 0 Å². The summed E-state index contributed by atoms with van der Waals surface area (Å²) in [6.45, 7) is 0.277. The van der Waals surface area contributed by atoms with Gasteiger partial charge < -0.3 is 4.90 Å². The Kier molecular flexibility index (Phi) is 2.64. The van der Waals surface area contributed by atoms with Crippen LogP contribution in [0.3, 0.4) is 0 Å². The molecule has 0 radical (unpaired) electrons. The van der Waals surface area contributed by atoms with Gasteiger partial charge in [0.2, 0.25) is 0 Å². The first-order chi connectivity index (χ1) is 7.00. The van der Waals surface area contributed by atoms with Crippen LogP contribution < -0.4 is 0 Å². The number of hydrogen-bond acceptors (Lipinski definition) is 1. The third kappa shape index (κ3) is 1.96. The number of piperidine rings is 1. The molecule has 0 N–H and O–H groups in total. The molecule has 15 heavy (non-hydrogen) atoms. The molecule has 1 heterocycles. The predicted octanol–water partition coefficient (Wildman–Crippen LogP) is 2.34. The van der Waals surface area contributed by atoms with Crippen LogP contribution in [0.4, 0.5) is 13.2 Å². The highest BCUT2D eigenvalue weighted by Crippen LogP contribution is 2.38. The zero-order valence-electron chi connectivity index (χ0n) is 8.39. The zero-order valence-corrected chi connectivity index (χ0v) is 8.39. The van der Waals surface area contributed by atoms with E-state index in [-0.39, 0.29) is 12.6 Å². The molecular weight excluding hydrogens is 207 g/mol. The minimum Gasteiger partial charge on any atom is -0.332 e. The lowest BCUT2D eigenvalue weighted by molar-refractivity contribution is -0.189. The van der Waals surface area contributed by atoms with Crippen LogP contribution >= 0.6 is 0 Å². The SMILES string of the molecule is O=C(N1CCCC2CCCC21)C(F)(F)F. The van der Waals surface area contributed by atoms with Gasteiger partial charge in [-0.15, -0.1) is 0 Å². The van der Waals surface area contributed by atoms with Crippen LogP contribution in [0.5, 0.6) is 0 Å². The number of nitrogens with zero attached hydrogens (tertiary/aromatic N) is 1. The first-order valence-corrected chi connectivity index (χ1v) is 5.38. The molecule has 0 aromatic carbocycles. The molecule has 2 fully saturated rings. The van der Waals surface area contributed by atoms with Crippen molar-refractivity contribution in [3.63, 3.8) is 0 Å². The van der Waals surface area contributed by atoms with E-state index >= 15 is 0 Å². The van der Waals surface area contributed by atoms with Crippen molar-refractivity contribution >= 4 is 5.91 Å². The van der Waals surface area contributed by atoms with Crippen LogP contribution in [0.2, 0.25) is 0 Å². The van der Waals surface area contributed by atoms with E-state index in [4.69, 9.17) is 0 Å². The Morgan fingerprint density at radius 1 is 1.13 bits per heavy atom. The summed E-state index contributed by atoms with van der Waals surface area (Å²) in [5.74, 6) is -1.33. The maximum absolute atomic E-state index is 12.3. The second kappa shape index (κ2) is 3.68. The van der Waals surface area contributed by atoms with Gasteiger partial charge in [-0.1, -0.05) is 6.42 Å². The summed E-state index contributed by atoms with van der Waals surface area (Å²) in [5.41, 5.74) is 0. The van der Waals surface area contributed by atoms with E-state index in [2.05, 4.69) is 0 Å². The summed E-state index contributed by atoms with van der Waals surface area (Å²) in [6, 6.07) is -0.145. The van der Waals surface area contributed by atoms with Crippen molar-refractivity contribution < 1.29 is 18.0 Å². The van der Waals surface area contributed by atoms with Crippen molar-refractivity contribution in [2.24, 2.45) is 5.92 Å². The van der Waals surface area contributed by atoms with Gasteiger partial charge in [0, 0.05) is 12.6 Å². The van der Waals surface area contributed by atoms with Gasteiger partial charge in [-0.05, 0) is 31.6 Å². The van der Waals surface area contributed by atoms with Gasteiger partial charge >= 0.3 is 12.1 Å². The Labute approximate surface area is 86.4 Å². The third-order valence-corrected chi connectivity index (χ3v) is 3.50. The van der Waals surface area contributed by atoms with Crippen molar-refractivity contribution in [3.05, 3.63) is 0 Å². The van der Waals surface area contributed by atoms with Crippen LogP contribution in [0, 0.1) is 5.92 Å². The van der Waals surface area contributed by atoms with Crippen molar-refractivity contribution in [2.75, 3.05) is 6.54 Å². The highest BCUT2D eigenvalue weighted by Gasteiger charge is 2.47. The van der Waals surface area contributed by atoms with Crippen molar-refractivity contribution in [1.29, 1.82) is 0 Å². The largest absolute Gasteiger partial charge is 0.471 e. The van der Waals surface area contributed by atoms with Crippen LogP contribution in [-0.2, 0) is 4.79 Å². The number of rotatable bonds is 0. The van der Waals surface area contributed by atoms with Gasteiger partial charge in [-0.3, -0.25) is 4.79 Å². The highest BCUT2D eigenvalue weighted by atomic mass is 19.4. The fraction of sp³-hybridized carbons (Fsp3) is 0.900. The number of hydrogen-bond donors (Lipinski definition) is 0. The third-order valence-electron chi connectivity index (χ3n) is 3.50. The molecule has 1 aliphatic carbocycles. The van der Waals surface area contributed by atoms with E-state index < -0.39 is 12.1 Å². The van der Waals surface area contributed by atoms with E-state index in [1.54, 1.807) is 0 Å². The van der Waals surface area contributed by atoms with Crippen LogP contribution in [0.1, 0.15) is 32.1 Å². The Bertz CT molecular complexity index is 264. The quantitative estimate of drug-likeness (QED) is 0.614. The normalized spacial score (nSPS) is 31.5. The van der Waals surface area contributed by atoms with E-state index in [0.29, 0.717) is 12.3 Å². The van der Waals surface area contributed by atoms with Crippen LogP contribution in [0.15, 0.2) is 0 Å². The molecule has 0 aromatic heterocycles. The van der Waals surface area contributed by atoms with E-state index in [1.807, 2.05) is 0 Å². The molecule has 1 saturated carbocycles. The number of amides is 1. The molecule has 2 nitrogen and oxygen atoms in total. The topological polar surface area (TPSA) is 20.3 Å². The Hall–Kier alpha value is -0.740. The Balaban J connectivity index is 2.11. The molecule has 0 bridgehead atoms. The molecular formula is C10H14F3NO.